The van der Waals surface area contributed by atoms with Crippen molar-refractivity contribution in [3.63, 3.8) is 0 Å². The van der Waals surface area contributed by atoms with Gasteiger partial charge in [-0.25, -0.2) is 4.79 Å². The van der Waals surface area contributed by atoms with Gasteiger partial charge in [0.25, 0.3) is 5.91 Å². The number of amides is 1. The quantitative estimate of drug-likeness (QED) is 0.883. The van der Waals surface area contributed by atoms with Gasteiger partial charge in [-0.1, -0.05) is 0 Å². The molecule has 0 radical (unpaired) electrons. The molecule has 2 rings (SSSR count). The van der Waals surface area contributed by atoms with Gasteiger partial charge in [0.1, 0.15) is 4.88 Å². The molecule has 1 aromatic heterocycles. The molecular weight excluding hydrogens is 294 g/mol. The summed E-state index contributed by atoms with van der Waals surface area (Å²) in [6.07, 6.45) is -0.179. The number of thiophene rings is 1. The molecule has 2 N–H and O–H groups in total. The molecule has 1 saturated heterocycles. The van der Waals surface area contributed by atoms with Gasteiger partial charge in [-0.2, -0.15) is 0 Å². The first-order valence-corrected chi connectivity index (χ1v) is 7.47. The van der Waals surface area contributed by atoms with E-state index in [-0.39, 0.29) is 22.5 Å². The highest BCUT2D eigenvalue weighted by Gasteiger charge is 2.28. The Morgan fingerprint density at radius 2 is 2.24 bits per heavy atom. The second-order valence-electron chi connectivity index (χ2n) is 5.64. The van der Waals surface area contributed by atoms with Crippen LogP contribution in [0.4, 0.5) is 0 Å². The first-order valence-electron chi connectivity index (χ1n) is 6.66. The molecule has 6 nitrogen and oxygen atoms in total. The minimum absolute atomic E-state index is 0.179. The number of carboxylic acid groups (broad SMARTS) is 1. The van der Waals surface area contributed by atoms with Gasteiger partial charge in [-0.05, 0) is 32.4 Å². The number of rotatable bonds is 4. The summed E-state index contributed by atoms with van der Waals surface area (Å²) >= 11 is 0.978. The highest BCUT2D eigenvalue weighted by molar-refractivity contribution is 7.16. The number of carbonyl (C=O) groups excluding carboxylic acids is 1. The summed E-state index contributed by atoms with van der Waals surface area (Å²) in [5, 5.41) is 11.7. The van der Waals surface area contributed by atoms with Gasteiger partial charge in [0.05, 0.1) is 29.8 Å². The molecule has 0 saturated carbocycles. The molecule has 1 aliphatic rings. The van der Waals surface area contributed by atoms with E-state index in [1.807, 2.05) is 13.8 Å². The summed E-state index contributed by atoms with van der Waals surface area (Å²) in [6, 6.07) is 1.59. The molecule has 21 heavy (non-hydrogen) atoms. The number of ether oxygens (including phenoxy) is 2. The Hall–Kier alpha value is -1.44. The van der Waals surface area contributed by atoms with E-state index in [2.05, 4.69) is 5.32 Å². The fourth-order valence-electron chi connectivity index (χ4n) is 1.94. The summed E-state index contributed by atoms with van der Waals surface area (Å²) in [6.45, 7) is 6.82. The second-order valence-corrected chi connectivity index (χ2v) is 6.69. The monoisotopic (exact) mass is 313 g/mol. The van der Waals surface area contributed by atoms with E-state index in [1.54, 1.807) is 13.0 Å². The summed E-state index contributed by atoms with van der Waals surface area (Å²) in [7, 11) is 0. The van der Waals surface area contributed by atoms with E-state index in [4.69, 9.17) is 14.6 Å². The number of hydrogen-bond acceptors (Lipinski definition) is 5. The number of nitrogens with one attached hydrogen (secondary N) is 1. The Balaban J connectivity index is 1.88. The molecule has 0 bridgehead atoms. The lowest BCUT2D eigenvalue weighted by Gasteiger charge is -2.34. The summed E-state index contributed by atoms with van der Waals surface area (Å²) in [5.41, 5.74) is 0.304. The van der Waals surface area contributed by atoms with Crippen molar-refractivity contribution in [2.75, 3.05) is 19.8 Å². The Morgan fingerprint density at radius 3 is 2.76 bits per heavy atom. The predicted molar refractivity (Wildman–Crippen MR) is 78.1 cm³/mol. The van der Waals surface area contributed by atoms with Crippen LogP contribution < -0.4 is 5.32 Å². The van der Waals surface area contributed by atoms with Crippen molar-refractivity contribution in [1.29, 1.82) is 0 Å². The van der Waals surface area contributed by atoms with E-state index in [1.165, 1.54) is 0 Å². The van der Waals surface area contributed by atoms with Gasteiger partial charge in [0.2, 0.25) is 0 Å². The fourth-order valence-corrected chi connectivity index (χ4v) is 2.87. The topological polar surface area (TPSA) is 84.9 Å². The van der Waals surface area contributed by atoms with Crippen molar-refractivity contribution in [3.8, 4) is 0 Å². The Bertz CT molecular complexity index is 542. The molecule has 1 aliphatic heterocycles. The van der Waals surface area contributed by atoms with E-state index >= 15 is 0 Å². The minimum Gasteiger partial charge on any atom is -0.477 e. The summed E-state index contributed by atoms with van der Waals surface area (Å²) in [4.78, 5) is 23.6. The zero-order chi connectivity index (χ0) is 15.6. The van der Waals surface area contributed by atoms with Crippen molar-refractivity contribution >= 4 is 23.2 Å². The molecule has 2 heterocycles. The smallest absolute Gasteiger partial charge is 0.346 e. The second kappa shape index (κ2) is 6.13. The predicted octanol–water partition coefficient (Wildman–Crippen LogP) is 1.68. The third kappa shape index (κ3) is 4.03. The Labute approximate surface area is 127 Å². The average molecular weight is 313 g/mol. The van der Waals surface area contributed by atoms with Gasteiger partial charge in [0, 0.05) is 6.54 Å². The maximum atomic E-state index is 12.0. The third-order valence-electron chi connectivity index (χ3n) is 3.15. The number of hydrogen-bond donors (Lipinski definition) is 2. The number of aryl methyl sites for hydroxylation is 1. The molecule has 116 valence electrons. The highest BCUT2D eigenvalue weighted by Crippen LogP contribution is 2.22. The van der Waals surface area contributed by atoms with Crippen LogP contribution in [-0.2, 0) is 9.47 Å². The number of carbonyl (C=O) groups is 2. The molecule has 0 aromatic carbocycles. The van der Waals surface area contributed by atoms with Crippen molar-refractivity contribution in [3.05, 3.63) is 21.4 Å². The van der Waals surface area contributed by atoms with E-state index in [0.717, 1.165) is 11.3 Å². The standard InChI is InChI=1S/C14H19NO5S/c1-8-4-10(21-11(8)13(17)18)12(16)15-5-9-6-20-14(2,3)7-19-9/h4,9H,5-7H2,1-3H3,(H,15,16)(H,17,18). The van der Waals surface area contributed by atoms with Crippen molar-refractivity contribution in [2.24, 2.45) is 0 Å². The van der Waals surface area contributed by atoms with Gasteiger partial charge in [-0.3, -0.25) is 4.79 Å². The van der Waals surface area contributed by atoms with Gasteiger partial charge < -0.3 is 19.9 Å². The molecule has 0 spiro atoms. The lowest BCUT2D eigenvalue weighted by molar-refractivity contribution is -0.172. The van der Waals surface area contributed by atoms with Crippen molar-refractivity contribution in [2.45, 2.75) is 32.5 Å². The molecule has 0 aliphatic carbocycles. The largest absolute Gasteiger partial charge is 0.477 e. The van der Waals surface area contributed by atoms with Crippen molar-refractivity contribution in [1.82, 2.24) is 5.32 Å². The van der Waals surface area contributed by atoms with E-state index in [0.29, 0.717) is 30.2 Å². The van der Waals surface area contributed by atoms with Crippen LogP contribution in [0.5, 0.6) is 0 Å². The number of aromatic carboxylic acids is 1. The summed E-state index contributed by atoms with van der Waals surface area (Å²) in [5.74, 6) is -1.30. The molecule has 1 amide bonds. The van der Waals surface area contributed by atoms with Crippen LogP contribution in [0.3, 0.4) is 0 Å². The molecule has 1 fully saturated rings. The van der Waals surface area contributed by atoms with Crippen molar-refractivity contribution < 1.29 is 24.2 Å². The lowest BCUT2D eigenvalue weighted by atomic mass is 10.1. The van der Waals surface area contributed by atoms with Gasteiger partial charge in [0.15, 0.2) is 0 Å². The normalized spacial score (nSPS) is 21.0. The molecule has 1 aromatic rings. The van der Waals surface area contributed by atoms with Gasteiger partial charge >= 0.3 is 5.97 Å². The Morgan fingerprint density at radius 1 is 1.52 bits per heavy atom. The minimum atomic E-state index is -1.01. The van der Waals surface area contributed by atoms with Crippen LogP contribution in [0, 0.1) is 6.92 Å². The highest BCUT2D eigenvalue weighted by atomic mass is 32.1. The SMILES string of the molecule is Cc1cc(C(=O)NCC2COC(C)(C)CO2)sc1C(=O)O. The summed E-state index contributed by atoms with van der Waals surface area (Å²) < 4.78 is 11.2. The first kappa shape index (κ1) is 15.9. The van der Waals surface area contributed by atoms with Crippen LogP contribution in [0.15, 0.2) is 6.07 Å². The van der Waals surface area contributed by atoms with Crippen LogP contribution >= 0.6 is 11.3 Å². The van der Waals surface area contributed by atoms with Crippen LogP contribution in [0.2, 0.25) is 0 Å². The van der Waals surface area contributed by atoms with Crippen LogP contribution in [-0.4, -0.2) is 48.4 Å². The molecule has 1 unspecified atom stereocenters. The molecule has 1 atom stereocenters. The first-order chi connectivity index (χ1) is 9.78. The average Bonchev–Trinajstić information content (AvgIpc) is 2.79. The zero-order valence-electron chi connectivity index (χ0n) is 12.3. The number of carboxylic acids is 1. The lowest BCUT2D eigenvalue weighted by Crippen LogP contribution is -2.46. The zero-order valence-corrected chi connectivity index (χ0v) is 13.1. The van der Waals surface area contributed by atoms with E-state index in [9.17, 15) is 9.59 Å². The fraction of sp³-hybridized carbons (Fsp3) is 0.571. The van der Waals surface area contributed by atoms with E-state index < -0.39 is 5.97 Å². The molecular formula is C14H19NO5S. The molecule has 7 heteroatoms. The maximum Gasteiger partial charge on any atom is 0.346 e. The third-order valence-corrected chi connectivity index (χ3v) is 4.38. The van der Waals surface area contributed by atoms with Crippen LogP contribution in [0.1, 0.15) is 38.8 Å². The van der Waals surface area contributed by atoms with Crippen LogP contribution in [0.25, 0.3) is 0 Å². The van der Waals surface area contributed by atoms with Gasteiger partial charge in [-0.15, -0.1) is 11.3 Å². The maximum absolute atomic E-state index is 12.0. The Kier molecular flexibility index (Phi) is 4.65.